The summed E-state index contributed by atoms with van der Waals surface area (Å²) in [4.78, 5) is 20.3. The van der Waals surface area contributed by atoms with Gasteiger partial charge in [0, 0.05) is 48.3 Å². The Morgan fingerprint density at radius 2 is 2.03 bits per heavy atom. The van der Waals surface area contributed by atoms with Crippen molar-refractivity contribution in [3.63, 3.8) is 0 Å². The lowest BCUT2D eigenvalue weighted by atomic mass is 9.89. The van der Waals surface area contributed by atoms with Gasteiger partial charge in [0.05, 0.1) is 0 Å². The maximum Gasteiger partial charge on any atom is 0.276 e. The van der Waals surface area contributed by atoms with E-state index in [1.165, 1.54) is 17.4 Å². The number of piperidine rings is 1. The van der Waals surface area contributed by atoms with Gasteiger partial charge in [0.2, 0.25) is 0 Å². The first-order valence-corrected chi connectivity index (χ1v) is 11.5. The zero-order valence-corrected chi connectivity index (χ0v) is 18.4. The largest absolute Gasteiger partial charge is 0.361 e. The Hall–Kier alpha value is -2.32. The predicted octanol–water partition coefficient (Wildman–Crippen LogP) is 3.03. The summed E-state index contributed by atoms with van der Waals surface area (Å²) in [5.74, 6) is -0.387. The van der Waals surface area contributed by atoms with Crippen LogP contribution in [0.2, 0.25) is 0 Å². The molecule has 1 amide bonds. The second-order valence-electron chi connectivity index (χ2n) is 8.37. The van der Waals surface area contributed by atoms with Crippen LogP contribution in [0.15, 0.2) is 30.5 Å². The van der Waals surface area contributed by atoms with Crippen molar-refractivity contribution >= 4 is 38.8 Å². The summed E-state index contributed by atoms with van der Waals surface area (Å²) in [6.07, 6.45) is 5.72. The van der Waals surface area contributed by atoms with Crippen LogP contribution in [0.4, 0.5) is 0 Å². The number of amidine groups is 1. The van der Waals surface area contributed by atoms with Crippen LogP contribution in [-0.2, 0) is 11.2 Å². The zero-order valence-electron chi connectivity index (χ0n) is 17.6. The van der Waals surface area contributed by atoms with Crippen LogP contribution < -0.4 is 5.32 Å². The molecule has 1 aromatic carbocycles. The second kappa shape index (κ2) is 8.81. The number of para-hydroxylation sites is 1. The molecule has 2 bridgehead atoms. The Kier molecular flexibility index (Phi) is 6.15. The summed E-state index contributed by atoms with van der Waals surface area (Å²) < 4.78 is 0. The standard InChI is InChI=1S/C22H30N6OS/c1-3-6-15(9-14-11-25-19-8-5-4-7-18(14)19)26-21(29)20(23)30-22(24)28-12-16-10-17(13-28)27(16)2/h4-5,7-8,11,15-17,23-25H,3,6,9-10,12-13H2,1-2H3,(H,26,29). The highest BCUT2D eigenvalue weighted by atomic mass is 32.2. The number of hydrogen-bond acceptors (Lipinski definition) is 5. The van der Waals surface area contributed by atoms with E-state index < -0.39 is 0 Å². The van der Waals surface area contributed by atoms with Crippen LogP contribution in [0.3, 0.4) is 0 Å². The number of carbonyl (C=O) groups excluding carboxylic acids is 1. The Morgan fingerprint density at radius 1 is 1.30 bits per heavy atom. The molecule has 5 rings (SSSR count). The van der Waals surface area contributed by atoms with Crippen LogP contribution in [0.5, 0.6) is 0 Å². The van der Waals surface area contributed by atoms with Crippen molar-refractivity contribution < 1.29 is 4.79 Å². The molecule has 0 saturated carbocycles. The fourth-order valence-corrected chi connectivity index (χ4v) is 5.18. The summed E-state index contributed by atoms with van der Waals surface area (Å²) in [6.45, 7) is 3.72. The van der Waals surface area contributed by atoms with Gasteiger partial charge in [-0.15, -0.1) is 0 Å². The van der Waals surface area contributed by atoms with Gasteiger partial charge in [-0.1, -0.05) is 31.5 Å². The number of thioether (sulfide) groups is 1. The molecule has 30 heavy (non-hydrogen) atoms. The second-order valence-corrected chi connectivity index (χ2v) is 9.37. The quantitative estimate of drug-likeness (QED) is 0.436. The van der Waals surface area contributed by atoms with E-state index in [0.29, 0.717) is 17.3 Å². The molecule has 160 valence electrons. The third-order valence-corrected chi connectivity index (χ3v) is 7.21. The van der Waals surface area contributed by atoms with Crippen LogP contribution >= 0.6 is 11.8 Å². The van der Waals surface area contributed by atoms with Crippen molar-refractivity contribution in [2.24, 2.45) is 0 Å². The van der Waals surface area contributed by atoms with E-state index in [1.807, 2.05) is 29.3 Å². The molecule has 3 fully saturated rings. The monoisotopic (exact) mass is 426 g/mol. The molecule has 4 N–H and O–H groups in total. The number of rotatable bonds is 5. The summed E-state index contributed by atoms with van der Waals surface area (Å²) in [5.41, 5.74) is 2.27. The van der Waals surface area contributed by atoms with Crippen molar-refractivity contribution in [1.82, 2.24) is 20.1 Å². The number of likely N-dealkylation sites (N-methyl/N-ethyl adjacent to an activating group) is 1. The minimum absolute atomic E-state index is 0.0341. The van der Waals surface area contributed by atoms with Crippen LogP contribution in [0.25, 0.3) is 10.9 Å². The van der Waals surface area contributed by atoms with Crippen LogP contribution in [-0.4, -0.2) is 69.2 Å². The molecule has 0 spiro atoms. The lowest BCUT2D eigenvalue weighted by Gasteiger charge is -2.55. The average molecular weight is 427 g/mol. The molecule has 4 heterocycles. The Labute approximate surface area is 181 Å². The maximum atomic E-state index is 12.7. The molecule has 1 aromatic heterocycles. The number of carbonyl (C=O) groups is 1. The highest BCUT2D eigenvalue weighted by Crippen LogP contribution is 2.31. The van der Waals surface area contributed by atoms with E-state index in [1.54, 1.807) is 0 Å². The van der Waals surface area contributed by atoms with Crippen molar-refractivity contribution in [2.45, 2.75) is 50.7 Å². The van der Waals surface area contributed by atoms with Crippen molar-refractivity contribution in [3.05, 3.63) is 36.0 Å². The average Bonchev–Trinajstić information content (AvgIpc) is 3.16. The fourth-order valence-electron chi connectivity index (χ4n) is 4.56. The smallest absolute Gasteiger partial charge is 0.276 e. The Morgan fingerprint density at radius 3 is 2.73 bits per heavy atom. The third-order valence-electron chi connectivity index (χ3n) is 6.36. The topological polar surface area (TPSA) is 99.1 Å². The van der Waals surface area contributed by atoms with E-state index in [0.717, 1.165) is 49.6 Å². The van der Waals surface area contributed by atoms with E-state index in [-0.39, 0.29) is 17.0 Å². The molecule has 3 aliphatic heterocycles. The van der Waals surface area contributed by atoms with Gasteiger partial charge >= 0.3 is 0 Å². The fraction of sp³-hybridized carbons (Fsp3) is 0.500. The number of fused-ring (bicyclic) bond motifs is 3. The van der Waals surface area contributed by atoms with Crippen LogP contribution in [0.1, 0.15) is 31.7 Å². The first-order chi connectivity index (χ1) is 14.5. The lowest BCUT2D eigenvalue weighted by molar-refractivity contribution is -0.115. The van der Waals surface area contributed by atoms with Crippen LogP contribution in [0, 0.1) is 10.8 Å². The van der Waals surface area contributed by atoms with Gasteiger partial charge in [0.25, 0.3) is 5.91 Å². The number of nitrogens with zero attached hydrogens (tertiary/aromatic N) is 2. The minimum atomic E-state index is -0.387. The summed E-state index contributed by atoms with van der Waals surface area (Å²) in [5, 5.41) is 21.0. The minimum Gasteiger partial charge on any atom is -0.361 e. The molecule has 3 aliphatic rings. The molecular formula is C22H30N6OS. The van der Waals surface area contributed by atoms with Gasteiger partial charge in [-0.2, -0.15) is 0 Å². The Bertz CT molecular complexity index is 944. The number of nitrogens with one attached hydrogen (secondary N) is 4. The van der Waals surface area contributed by atoms with Gasteiger partial charge in [0.15, 0.2) is 10.2 Å². The summed E-state index contributed by atoms with van der Waals surface area (Å²) in [6, 6.07) is 9.13. The first-order valence-electron chi connectivity index (χ1n) is 10.6. The third kappa shape index (κ3) is 4.25. The summed E-state index contributed by atoms with van der Waals surface area (Å²) >= 11 is 0.964. The summed E-state index contributed by atoms with van der Waals surface area (Å²) in [7, 11) is 2.13. The van der Waals surface area contributed by atoms with Gasteiger partial charge in [-0.05, 0) is 49.7 Å². The molecular weight excluding hydrogens is 396 g/mol. The number of H-pyrrole nitrogens is 1. The maximum absolute atomic E-state index is 12.7. The molecule has 3 unspecified atom stereocenters. The number of piperazine rings is 1. The van der Waals surface area contributed by atoms with E-state index >= 15 is 0 Å². The number of benzene rings is 1. The molecule has 3 atom stereocenters. The van der Waals surface area contributed by atoms with E-state index in [9.17, 15) is 4.79 Å². The van der Waals surface area contributed by atoms with Crippen molar-refractivity contribution in [1.29, 1.82) is 10.8 Å². The van der Waals surface area contributed by atoms with Crippen molar-refractivity contribution in [3.8, 4) is 0 Å². The molecule has 2 aromatic rings. The predicted molar refractivity (Wildman–Crippen MR) is 123 cm³/mol. The van der Waals surface area contributed by atoms with Crippen molar-refractivity contribution in [2.75, 3.05) is 20.1 Å². The van der Waals surface area contributed by atoms with Gasteiger partial charge in [0.1, 0.15) is 0 Å². The lowest BCUT2D eigenvalue weighted by Crippen LogP contribution is -2.67. The molecule has 7 nitrogen and oxygen atoms in total. The molecule has 3 saturated heterocycles. The molecule has 0 aliphatic carbocycles. The SMILES string of the molecule is CCCC(Cc1c[nH]c2ccccc12)NC(=O)C(=N)SC(=N)N1CC2CC(C1)N2C. The van der Waals surface area contributed by atoms with E-state index in [4.69, 9.17) is 10.8 Å². The van der Waals surface area contributed by atoms with E-state index in [2.05, 4.69) is 35.2 Å². The number of aromatic amines is 1. The molecule has 0 radical (unpaired) electrons. The van der Waals surface area contributed by atoms with Gasteiger partial charge in [-0.25, -0.2) is 0 Å². The van der Waals surface area contributed by atoms with Gasteiger partial charge in [-0.3, -0.25) is 20.5 Å². The number of hydrogen-bond donors (Lipinski definition) is 4. The molecule has 8 heteroatoms. The first kappa shape index (κ1) is 20.9. The number of amides is 1. The zero-order chi connectivity index (χ0) is 21.3. The highest BCUT2D eigenvalue weighted by Gasteiger charge is 2.43. The normalized spacial score (nSPS) is 21.9. The highest BCUT2D eigenvalue weighted by molar-refractivity contribution is 8.27. The Balaban J connectivity index is 1.33. The number of aromatic nitrogens is 1. The van der Waals surface area contributed by atoms with Gasteiger partial charge < -0.3 is 15.2 Å².